The smallest absolute Gasteiger partial charge is 0.338 e. The Morgan fingerprint density at radius 1 is 1.29 bits per heavy atom. The van der Waals surface area contributed by atoms with Crippen molar-refractivity contribution in [3.8, 4) is 0 Å². The van der Waals surface area contributed by atoms with E-state index < -0.39 is 12.1 Å². The number of allylic oxidation sites excluding steroid dienone is 1. The first kappa shape index (κ1) is 20.5. The van der Waals surface area contributed by atoms with Crippen LogP contribution in [0.2, 0.25) is 0 Å². The number of thioether (sulfide) groups is 1. The molecule has 2 N–H and O–H groups in total. The summed E-state index contributed by atoms with van der Waals surface area (Å²) in [5.74, 6) is -0.249. The summed E-state index contributed by atoms with van der Waals surface area (Å²) in [5, 5.41) is 5.63. The number of anilines is 1. The summed E-state index contributed by atoms with van der Waals surface area (Å²) in [7, 11) is 0. The maximum Gasteiger partial charge on any atom is 0.338 e. The van der Waals surface area contributed by atoms with Crippen molar-refractivity contribution in [1.29, 1.82) is 0 Å². The Kier molecular flexibility index (Phi) is 7.14. The van der Waals surface area contributed by atoms with Gasteiger partial charge in [0.15, 0.2) is 6.10 Å². The molecule has 1 atom stereocenters. The second kappa shape index (κ2) is 9.78. The van der Waals surface area contributed by atoms with Crippen LogP contribution in [-0.4, -0.2) is 36.2 Å². The minimum absolute atomic E-state index is 0.0717. The largest absolute Gasteiger partial charge is 0.449 e. The number of carbonyl (C=O) groups is 3. The lowest BCUT2D eigenvalue weighted by Gasteiger charge is -2.16. The summed E-state index contributed by atoms with van der Waals surface area (Å²) >= 11 is 1.57. The number of rotatable bonds is 6. The van der Waals surface area contributed by atoms with Crippen molar-refractivity contribution >= 4 is 35.2 Å². The summed E-state index contributed by atoms with van der Waals surface area (Å²) in [6.07, 6.45) is 7.35. The van der Waals surface area contributed by atoms with Crippen LogP contribution in [0.4, 0.5) is 5.69 Å². The molecule has 7 heteroatoms. The fourth-order valence-corrected chi connectivity index (χ4v) is 4.19. The third kappa shape index (κ3) is 5.61. The van der Waals surface area contributed by atoms with Crippen molar-refractivity contribution in [2.75, 3.05) is 17.6 Å². The van der Waals surface area contributed by atoms with Crippen LogP contribution in [-0.2, 0) is 14.3 Å². The molecule has 1 aliphatic heterocycles. The molecule has 1 aromatic carbocycles. The number of esters is 1. The van der Waals surface area contributed by atoms with Crippen LogP contribution in [0.25, 0.3) is 0 Å². The molecule has 150 valence electrons. The molecule has 3 rings (SSSR count). The average Bonchev–Trinajstić information content (AvgIpc) is 2.88. The SMILES string of the molecule is C[C@@H](OC(=O)c1ccc2c(c1)NC(=O)CCS2)C(=O)NCCC1=CCCCC1. The summed E-state index contributed by atoms with van der Waals surface area (Å²) in [4.78, 5) is 37.2. The third-order valence-electron chi connectivity index (χ3n) is 4.86. The number of carbonyl (C=O) groups excluding carboxylic acids is 3. The van der Waals surface area contributed by atoms with Gasteiger partial charge in [0.25, 0.3) is 5.91 Å². The van der Waals surface area contributed by atoms with Gasteiger partial charge in [-0.25, -0.2) is 4.79 Å². The number of benzene rings is 1. The van der Waals surface area contributed by atoms with Crippen molar-refractivity contribution in [2.24, 2.45) is 0 Å². The van der Waals surface area contributed by atoms with Gasteiger partial charge in [-0.3, -0.25) is 9.59 Å². The lowest BCUT2D eigenvalue weighted by Crippen LogP contribution is -2.36. The summed E-state index contributed by atoms with van der Waals surface area (Å²) in [6, 6.07) is 5.06. The van der Waals surface area contributed by atoms with Crippen molar-refractivity contribution in [3.05, 3.63) is 35.4 Å². The Labute approximate surface area is 169 Å². The molecule has 2 aliphatic rings. The molecule has 1 aromatic rings. The molecule has 2 amide bonds. The normalized spacial score (nSPS) is 17.5. The molecule has 28 heavy (non-hydrogen) atoms. The van der Waals surface area contributed by atoms with Gasteiger partial charge in [-0.15, -0.1) is 11.8 Å². The van der Waals surface area contributed by atoms with E-state index >= 15 is 0 Å². The van der Waals surface area contributed by atoms with E-state index in [0.29, 0.717) is 30.0 Å². The van der Waals surface area contributed by atoms with Crippen LogP contribution in [0.1, 0.15) is 55.8 Å². The van der Waals surface area contributed by atoms with Crippen LogP contribution in [0.3, 0.4) is 0 Å². The summed E-state index contributed by atoms with van der Waals surface area (Å²) in [5.41, 5.74) is 2.31. The quantitative estimate of drug-likeness (QED) is 0.560. The van der Waals surface area contributed by atoms with Gasteiger partial charge < -0.3 is 15.4 Å². The Balaban J connectivity index is 1.51. The highest BCUT2D eigenvalue weighted by Gasteiger charge is 2.21. The van der Waals surface area contributed by atoms with Crippen LogP contribution in [0.15, 0.2) is 34.7 Å². The fourth-order valence-electron chi connectivity index (χ4n) is 3.25. The molecule has 0 saturated heterocycles. The zero-order chi connectivity index (χ0) is 19.9. The summed E-state index contributed by atoms with van der Waals surface area (Å²) in [6.45, 7) is 2.11. The highest BCUT2D eigenvalue weighted by atomic mass is 32.2. The maximum absolute atomic E-state index is 12.4. The van der Waals surface area contributed by atoms with Crippen molar-refractivity contribution in [2.45, 2.75) is 56.4 Å². The first-order chi connectivity index (χ1) is 13.5. The van der Waals surface area contributed by atoms with Crippen LogP contribution >= 0.6 is 11.8 Å². The van der Waals surface area contributed by atoms with Crippen LogP contribution in [0.5, 0.6) is 0 Å². The highest BCUT2D eigenvalue weighted by Crippen LogP contribution is 2.31. The van der Waals surface area contributed by atoms with Gasteiger partial charge in [-0.2, -0.15) is 0 Å². The van der Waals surface area contributed by atoms with Gasteiger partial charge >= 0.3 is 5.97 Å². The van der Waals surface area contributed by atoms with Gasteiger partial charge in [0.2, 0.25) is 5.91 Å². The monoisotopic (exact) mass is 402 g/mol. The van der Waals surface area contributed by atoms with E-state index in [4.69, 9.17) is 4.74 Å². The van der Waals surface area contributed by atoms with E-state index in [1.165, 1.54) is 18.4 Å². The van der Waals surface area contributed by atoms with Crippen molar-refractivity contribution in [1.82, 2.24) is 5.32 Å². The Hall–Kier alpha value is -2.28. The van der Waals surface area contributed by atoms with Crippen molar-refractivity contribution in [3.63, 3.8) is 0 Å². The second-order valence-corrected chi connectivity index (χ2v) is 8.19. The first-order valence-corrected chi connectivity index (χ1v) is 10.7. The van der Waals surface area contributed by atoms with E-state index in [1.54, 1.807) is 36.9 Å². The van der Waals surface area contributed by atoms with E-state index in [0.717, 1.165) is 24.2 Å². The van der Waals surface area contributed by atoms with Crippen LogP contribution < -0.4 is 10.6 Å². The molecule has 0 aromatic heterocycles. The van der Waals surface area contributed by atoms with E-state index in [2.05, 4.69) is 16.7 Å². The molecule has 6 nitrogen and oxygen atoms in total. The van der Waals surface area contributed by atoms with Gasteiger partial charge in [-0.05, 0) is 57.2 Å². The average molecular weight is 403 g/mol. The second-order valence-electron chi connectivity index (χ2n) is 7.05. The number of nitrogens with one attached hydrogen (secondary N) is 2. The van der Waals surface area contributed by atoms with E-state index in [1.807, 2.05) is 0 Å². The number of hydrogen-bond acceptors (Lipinski definition) is 5. The number of hydrogen-bond donors (Lipinski definition) is 2. The predicted octanol–water partition coefficient (Wildman–Crippen LogP) is 3.67. The molecule has 0 bridgehead atoms. The topological polar surface area (TPSA) is 84.5 Å². The number of fused-ring (bicyclic) bond motifs is 1. The predicted molar refractivity (Wildman–Crippen MR) is 109 cm³/mol. The first-order valence-electron chi connectivity index (χ1n) is 9.76. The molecular formula is C21H26N2O4S. The third-order valence-corrected chi connectivity index (χ3v) is 5.93. The standard InChI is InChI=1S/C21H26N2O4S/c1-14(20(25)22-11-9-15-5-3-2-4-6-15)27-21(26)16-7-8-18-17(13-16)23-19(24)10-12-28-18/h5,7-8,13-14H,2-4,6,9-12H2,1H3,(H,22,25)(H,23,24)/t14-/m1/s1. The minimum atomic E-state index is -0.879. The highest BCUT2D eigenvalue weighted by molar-refractivity contribution is 7.99. The van der Waals surface area contributed by atoms with Gasteiger partial charge in [0.1, 0.15) is 0 Å². The molecule has 1 aliphatic carbocycles. The number of ether oxygens (including phenoxy) is 1. The Morgan fingerprint density at radius 3 is 2.93 bits per heavy atom. The zero-order valence-corrected chi connectivity index (χ0v) is 16.9. The van der Waals surface area contributed by atoms with Gasteiger partial charge in [-0.1, -0.05) is 11.6 Å². The summed E-state index contributed by atoms with van der Waals surface area (Å²) < 4.78 is 5.30. The number of amides is 2. The molecule has 0 spiro atoms. The lowest BCUT2D eigenvalue weighted by atomic mass is 9.97. The zero-order valence-electron chi connectivity index (χ0n) is 16.1. The molecule has 1 heterocycles. The molecule has 0 fully saturated rings. The van der Waals surface area contributed by atoms with Gasteiger partial charge in [0, 0.05) is 23.6 Å². The fraction of sp³-hybridized carbons (Fsp3) is 0.476. The minimum Gasteiger partial charge on any atom is -0.449 e. The van der Waals surface area contributed by atoms with Gasteiger partial charge in [0.05, 0.1) is 11.3 Å². The van der Waals surface area contributed by atoms with Crippen LogP contribution in [0, 0.1) is 0 Å². The molecular weight excluding hydrogens is 376 g/mol. The molecule has 0 radical (unpaired) electrons. The Bertz CT molecular complexity index is 791. The van der Waals surface area contributed by atoms with Crippen molar-refractivity contribution < 1.29 is 19.1 Å². The lowest BCUT2D eigenvalue weighted by molar-refractivity contribution is -0.129. The molecule has 0 saturated carbocycles. The van der Waals surface area contributed by atoms with E-state index in [-0.39, 0.29) is 11.8 Å². The van der Waals surface area contributed by atoms with E-state index in [9.17, 15) is 14.4 Å². The molecule has 0 unspecified atom stereocenters. The maximum atomic E-state index is 12.4. The Morgan fingerprint density at radius 2 is 2.14 bits per heavy atom.